The van der Waals surface area contributed by atoms with E-state index < -0.39 is 0 Å². The molecule has 128 valence electrons. The molecule has 1 N–H and O–H groups in total. The van der Waals surface area contributed by atoms with Crippen LogP contribution in [0.15, 0.2) is 43.0 Å². The molecule has 1 aliphatic rings. The molecule has 1 aliphatic heterocycles. The van der Waals surface area contributed by atoms with Crippen LogP contribution >= 0.6 is 11.8 Å². The van der Waals surface area contributed by atoms with Crippen LogP contribution in [0.5, 0.6) is 5.75 Å². The van der Waals surface area contributed by atoms with Gasteiger partial charge < -0.3 is 10.1 Å². The number of benzene rings is 1. The lowest BCUT2D eigenvalue weighted by Gasteiger charge is -2.16. The number of carbonyl (C=O) groups excluding carboxylic acids is 1. The molecule has 0 fully saturated rings. The molecule has 0 bridgehead atoms. The maximum absolute atomic E-state index is 12.0. The Kier molecular flexibility index (Phi) is 3.96. The lowest BCUT2D eigenvalue weighted by Crippen LogP contribution is -2.12. The van der Waals surface area contributed by atoms with Gasteiger partial charge in [-0.15, -0.1) is 11.8 Å². The number of thioether (sulfide) groups is 1. The van der Waals surface area contributed by atoms with Gasteiger partial charge in [-0.05, 0) is 24.3 Å². The van der Waals surface area contributed by atoms with Crippen LogP contribution in [0.25, 0.3) is 5.69 Å². The van der Waals surface area contributed by atoms with E-state index in [-0.39, 0.29) is 11.2 Å². The largest absolute Gasteiger partial charge is 0.497 e. The van der Waals surface area contributed by atoms with Gasteiger partial charge in [0.05, 0.1) is 30.0 Å². The number of anilines is 1. The Hall–Kier alpha value is -2.74. The monoisotopic (exact) mass is 355 g/mol. The predicted octanol–water partition coefficient (Wildman–Crippen LogP) is 2.39. The Bertz CT molecular complexity index is 916. The molecule has 2 aromatic heterocycles. The number of nitrogens with one attached hydrogen (secondary N) is 1. The third kappa shape index (κ3) is 2.89. The summed E-state index contributed by atoms with van der Waals surface area (Å²) >= 11 is 1.57. The van der Waals surface area contributed by atoms with Crippen molar-refractivity contribution in [3.05, 3.63) is 54.2 Å². The number of rotatable bonds is 3. The van der Waals surface area contributed by atoms with Crippen molar-refractivity contribution in [2.75, 3.05) is 18.2 Å². The van der Waals surface area contributed by atoms with Crippen LogP contribution in [0.3, 0.4) is 0 Å². The number of hydrogen-bond acceptors (Lipinski definition) is 5. The Morgan fingerprint density at radius 2 is 2.12 bits per heavy atom. The summed E-state index contributed by atoms with van der Waals surface area (Å²) in [7, 11) is 3.53. The van der Waals surface area contributed by atoms with Crippen molar-refractivity contribution in [2.45, 2.75) is 5.25 Å². The molecule has 7 nitrogen and oxygen atoms in total. The molecule has 1 amide bonds. The zero-order valence-corrected chi connectivity index (χ0v) is 14.7. The minimum Gasteiger partial charge on any atom is -0.497 e. The van der Waals surface area contributed by atoms with Crippen LogP contribution in [0.4, 0.5) is 5.82 Å². The molecule has 1 atom stereocenters. The third-order valence-corrected chi connectivity index (χ3v) is 5.33. The average Bonchev–Trinajstić information content (AvgIpc) is 3.19. The highest BCUT2D eigenvalue weighted by molar-refractivity contribution is 8.00. The molecule has 1 aromatic carbocycles. The summed E-state index contributed by atoms with van der Waals surface area (Å²) in [6.45, 7) is 0. The van der Waals surface area contributed by atoms with Crippen molar-refractivity contribution >= 4 is 23.5 Å². The minimum absolute atomic E-state index is 0.0350. The summed E-state index contributed by atoms with van der Waals surface area (Å²) in [6.07, 6.45) is 5.55. The van der Waals surface area contributed by atoms with Crippen LogP contribution in [0.2, 0.25) is 0 Å². The minimum atomic E-state index is -0.0439. The van der Waals surface area contributed by atoms with E-state index >= 15 is 0 Å². The maximum Gasteiger partial charge on any atom is 0.235 e. The van der Waals surface area contributed by atoms with E-state index in [9.17, 15) is 4.79 Å². The molecule has 0 saturated carbocycles. The van der Waals surface area contributed by atoms with E-state index in [1.807, 2.05) is 48.3 Å². The fourth-order valence-electron chi connectivity index (χ4n) is 2.89. The van der Waals surface area contributed by atoms with Gasteiger partial charge in [-0.3, -0.25) is 14.0 Å². The molecule has 3 aromatic rings. The Labute approximate surface area is 149 Å². The molecular formula is C17H17N5O2S. The second kappa shape index (κ2) is 6.29. The predicted molar refractivity (Wildman–Crippen MR) is 96.3 cm³/mol. The molecule has 0 radical (unpaired) electrons. The number of methoxy groups -OCH3 is 1. The van der Waals surface area contributed by atoms with Crippen LogP contribution in [0, 0.1) is 0 Å². The zero-order valence-electron chi connectivity index (χ0n) is 13.8. The molecule has 8 heteroatoms. The van der Waals surface area contributed by atoms with Gasteiger partial charge in [0.1, 0.15) is 12.1 Å². The van der Waals surface area contributed by atoms with E-state index in [2.05, 4.69) is 15.4 Å². The van der Waals surface area contributed by atoms with Crippen molar-refractivity contribution < 1.29 is 9.53 Å². The van der Waals surface area contributed by atoms with Crippen molar-refractivity contribution in [1.29, 1.82) is 0 Å². The highest BCUT2D eigenvalue weighted by Crippen LogP contribution is 2.41. The summed E-state index contributed by atoms with van der Waals surface area (Å²) in [4.78, 5) is 16.5. The first-order chi connectivity index (χ1) is 12.2. The number of carbonyl (C=O) groups is 1. The molecule has 1 unspecified atom stereocenters. The van der Waals surface area contributed by atoms with Crippen LogP contribution in [-0.2, 0) is 11.8 Å². The zero-order chi connectivity index (χ0) is 17.4. The van der Waals surface area contributed by atoms with Crippen LogP contribution < -0.4 is 10.1 Å². The number of imidazole rings is 1. The van der Waals surface area contributed by atoms with Crippen molar-refractivity contribution in [2.24, 2.45) is 7.05 Å². The third-order valence-electron chi connectivity index (χ3n) is 4.07. The first-order valence-corrected chi connectivity index (χ1v) is 8.82. The Morgan fingerprint density at radius 1 is 1.32 bits per heavy atom. The van der Waals surface area contributed by atoms with Gasteiger partial charge in [0, 0.05) is 24.5 Å². The van der Waals surface area contributed by atoms with Gasteiger partial charge in [-0.1, -0.05) is 0 Å². The summed E-state index contributed by atoms with van der Waals surface area (Å²) < 4.78 is 9.00. The summed E-state index contributed by atoms with van der Waals surface area (Å²) in [6, 6.07) is 7.75. The molecule has 0 aliphatic carbocycles. The molecular weight excluding hydrogens is 338 g/mol. The van der Waals surface area contributed by atoms with Gasteiger partial charge in [0.15, 0.2) is 5.82 Å². The fourth-order valence-corrected chi connectivity index (χ4v) is 3.98. The van der Waals surface area contributed by atoms with Gasteiger partial charge >= 0.3 is 0 Å². The lowest BCUT2D eigenvalue weighted by molar-refractivity contribution is -0.113. The van der Waals surface area contributed by atoms with E-state index in [1.54, 1.807) is 29.9 Å². The van der Waals surface area contributed by atoms with Crippen molar-refractivity contribution in [3.8, 4) is 11.4 Å². The van der Waals surface area contributed by atoms with Gasteiger partial charge in [-0.2, -0.15) is 5.10 Å². The topological polar surface area (TPSA) is 74.0 Å². The Balaban J connectivity index is 1.83. The van der Waals surface area contributed by atoms with Gasteiger partial charge in [0.25, 0.3) is 0 Å². The summed E-state index contributed by atoms with van der Waals surface area (Å²) in [5, 5.41) is 7.14. The molecule has 25 heavy (non-hydrogen) atoms. The molecule has 4 rings (SSSR count). The first kappa shape index (κ1) is 15.8. The van der Waals surface area contributed by atoms with E-state index in [0.717, 1.165) is 22.7 Å². The van der Waals surface area contributed by atoms with Crippen LogP contribution in [0.1, 0.15) is 16.5 Å². The second-order valence-electron chi connectivity index (χ2n) is 5.73. The molecule has 0 saturated heterocycles. The Morgan fingerprint density at radius 3 is 2.80 bits per heavy atom. The number of ether oxygens (including phenoxy) is 1. The van der Waals surface area contributed by atoms with Crippen molar-refractivity contribution in [1.82, 2.24) is 19.3 Å². The standard InChI is InChI=1S/C17H17N5O2S/c1-21-8-11(7-19-21)16-15-17(20-14(23)9-25-16)18-10-22(15)12-3-5-13(24-2)6-4-12/h3-8,10,16H,9H2,1-2H3,(H,20,23). The van der Waals surface area contributed by atoms with Gasteiger partial charge in [0.2, 0.25) is 5.91 Å². The lowest BCUT2D eigenvalue weighted by atomic mass is 10.1. The summed E-state index contributed by atoms with van der Waals surface area (Å²) in [5.74, 6) is 1.72. The fraction of sp³-hybridized carbons (Fsp3) is 0.235. The first-order valence-electron chi connectivity index (χ1n) is 7.77. The normalized spacial score (nSPS) is 16.9. The van der Waals surface area contributed by atoms with E-state index in [1.165, 1.54) is 0 Å². The van der Waals surface area contributed by atoms with Crippen LogP contribution in [-0.4, -0.2) is 38.1 Å². The molecule has 0 spiro atoms. The van der Waals surface area contributed by atoms with E-state index in [0.29, 0.717) is 11.6 Å². The smallest absolute Gasteiger partial charge is 0.235 e. The maximum atomic E-state index is 12.0. The number of amides is 1. The van der Waals surface area contributed by atoms with Gasteiger partial charge in [-0.25, -0.2) is 4.98 Å². The number of aryl methyl sites for hydroxylation is 1. The average molecular weight is 355 g/mol. The number of nitrogens with zero attached hydrogens (tertiary/aromatic N) is 4. The summed E-state index contributed by atoms with van der Waals surface area (Å²) in [5.41, 5.74) is 2.94. The molecule has 3 heterocycles. The van der Waals surface area contributed by atoms with Crippen molar-refractivity contribution in [3.63, 3.8) is 0 Å². The SMILES string of the molecule is COc1ccc(-n2cnc3c2C(c2cnn(C)c2)SCC(=O)N3)cc1. The van der Waals surface area contributed by atoms with E-state index in [4.69, 9.17) is 4.74 Å². The highest BCUT2D eigenvalue weighted by atomic mass is 32.2. The quantitative estimate of drug-likeness (QED) is 0.781. The second-order valence-corrected chi connectivity index (χ2v) is 6.83. The number of fused-ring (bicyclic) bond motifs is 1. The highest BCUT2D eigenvalue weighted by Gasteiger charge is 2.29. The number of aromatic nitrogens is 4. The number of hydrogen-bond donors (Lipinski definition) is 1.